The van der Waals surface area contributed by atoms with E-state index in [1.165, 1.54) is 30.2 Å². The lowest BCUT2D eigenvalue weighted by Gasteiger charge is -2.45. The molecule has 0 amide bonds. The summed E-state index contributed by atoms with van der Waals surface area (Å²) in [6, 6.07) is 5.22. The van der Waals surface area contributed by atoms with Gasteiger partial charge < -0.3 is 29.9 Å². The van der Waals surface area contributed by atoms with E-state index in [2.05, 4.69) is 9.88 Å². The Morgan fingerprint density at radius 3 is 2.49 bits per heavy atom. The summed E-state index contributed by atoms with van der Waals surface area (Å²) in [5.74, 6) is -4.44. The molecule has 244 valence electrons. The molecule has 0 radical (unpaired) electrons. The smallest absolute Gasteiger partial charge is 0.335 e. The Morgan fingerprint density at radius 2 is 1.87 bits per heavy atom. The number of rotatable bonds is 9. The second-order valence-electron chi connectivity index (χ2n) is 11.4. The van der Waals surface area contributed by atoms with Crippen LogP contribution in [0.25, 0.3) is 5.82 Å². The van der Waals surface area contributed by atoms with E-state index in [0.29, 0.717) is 40.4 Å². The second kappa shape index (κ2) is 13.3. The van der Waals surface area contributed by atoms with Crippen LogP contribution in [0.1, 0.15) is 47.4 Å². The Balaban J connectivity index is 0.000000348. The maximum atomic E-state index is 14.4. The predicted molar refractivity (Wildman–Crippen MR) is 157 cm³/mol. The van der Waals surface area contributed by atoms with Crippen LogP contribution in [0.2, 0.25) is 4.34 Å². The summed E-state index contributed by atoms with van der Waals surface area (Å²) in [4.78, 5) is 27.0. The number of piperidine rings is 1. The van der Waals surface area contributed by atoms with Crippen LogP contribution in [-0.2, 0) is 32.4 Å². The average Bonchev–Trinajstić information content (AvgIpc) is 3.64. The van der Waals surface area contributed by atoms with E-state index in [-0.39, 0.29) is 5.56 Å². The number of carboxylic acids is 2. The zero-order valence-electron chi connectivity index (χ0n) is 24.2. The van der Waals surface area contributed by atoms with Crippen molar-refractivity contribution in [2.24, 2.45) is 5.92 Å². The van der Waals surface area contributed by atoms with Gasteiger partial charge in [-0.3, -0.25) is 4.90 Å². The average molecular weight is 671 g/mol. The number of ether oxygens (including phenoxy) is 2. The van der Waals surface area contributed by atoms with Gasteiger partial charge in [-0.1, -0.05) is 11.6 Å². The van der Waals surface area contributed by atoms with Crippen LogP contribution in [-0.4, -0.2) is 90.5 Å². The van der Waals surface area contributed by atoms with Crippen LogP contribution in [0.15, 0.2) is 30.6 Å². The van der Waals surface area contributed by atoms with Gasteiger partial charge in [0.1, 0.15) is 12.2 Å². The molecule has 2 atom stereocenters. The quantitative estimate of drug-likeness (QED) is 0.263. The van der Waals surface area contributed by atoms with E-state index in [9.17, 15) is 18.4 Å². The number of alkyl halides is 2. The molecule has 3 aliphatic rings. The third-order valence-corrected chi connectivity index (χ3v) is 9.49. The third kappa shape index (κ3) is 7.45. The SMILES string of the molecule is Cc1nn(-c2ncccc2OCC2CC2)cc1CN1CCC2(CC1)OCC(F)(F)c1cc(Cl)sc12.O=C(O)[C@H](O)[C@@H](O)C(=O)O. The Labute approximate surface area is 265 Å². The van der Waals surface area contributed by atoms with E-state index < -0.39 is 42.3 Å². The first-order chi connectivity index (χ1) is 21.3. The Hall–Kier alpha value is -3.21. The highest BCUT2D eigenvalue weighted by atomic mass is 35.5. The molecule has 0 aromatic carbocycles. The number of halogens is 3. The van der Waals surface area contributed by atoms with E-state index in [0.717, 1.165) is 36.6 Å². The molecule has 4 N–H and O–H groups in total. The lowest BCUT2D eigenvalue weighted by atomic mass is 9.84. The third-order valence-electron chi connectivity index (χ3n) is 8.04. The summed E-state index contributed by atoms with van der Waals surface area (Å²) in [5, 5.41) is 37.2. The van der Waals surface area contributed by atoms with Crippen LogP contribution >= 0.6 is 22.9 Å². The Bertz CT molecular complexity index is 1520. The van der Waals surface area contributed by atoms with Crippen LogP contribution in [0, 0.1) is 12.8 Å². The molecule has 1 aliphatic carbocycles. The first-order valence-corrected chi connectivity index (χ1v) is 15.5. The number of thiophene rings is 1. The van der Waals surface area contributed by atoms with Gasteiger partial charge in [-0.2, -0.15) is 13.9 Å². The molecular weight excluding hydrogens is 638 g/mol. The van der Waals surface area contributed by atoms with Gasteiger partial charge in [0.25, 0.3) is 5.92 Å². The van der Waals surface area contributed by atoms with Crippen LogP contribution in [0.3, 0.4) is 0 Å². The largest absolute Gasteiger partial charge is 0.489 e. The molecule has 6 rings (SSSR count). The Kier molecular flexibility index (Phi) is 9.77. The molecule has 1 spiro atoms. The molecule has 3 aromatic heterocycles. The molecule has 12 nitrogen and oxygen atoms in total. The van der Waals surface area contributed by atoms with Gasteiger partial charge in [-0.25, -0.2) is 19.3 Å². The molecule has 3 aromatic rings. The van der Waals surface area contributed by atoms with Crippen molar-refractivity contribution in [2.75, 3.05) is 26.3 Å². The second-order valence-corrected chi connectivity index (χ2v) is 13.1. The molecule has 1 saturated carbocycles. The summed E-state index contributed by atoms with van der Waals surface area (Å²) < 4.78 is 42.9. The van der Waals surface area contributed by atoms with Crippen LogP contribution in [0.5, 0.6) is 5.75 Å². The number of hydrogen-bond acceptors (Lipinski definition) is 10. The van der Waals surface area contributed by atoms with E-state index >= 15 is 0 Å². The standard InChI is InChI=1S/C25H27ClF2N4O2S.C4H6O6/c1-16-18(13-32(30-16)23-20(3-2-8-29-23)33-14-17-4-5-17)12-31-9-6-24(7-10-31)22-19(11-21(26)35-22)25(27,28)15-34-24;5-1(3(7)8)2(6)4(9)10/h2-3,8,11,13,17H,4-7,9-10,12,14-15H2,1H3;1-2,5-6H,(H,7,8)(H,9,10)/t;1-,2-/m.1/s1. The number of aromatic nitrogens is 3. The molecular formula is C29H33ClF2N4O8S. The fraction of sp³-hybridized carbons (Fsp3) is 0.517. The van der Waals surface area contributed by atoms with Crippen molar-refractivity contribution >= 4 is 34.9 Å². The van der Waals surface area contributed by atoms with Crippen LogP contribution < -0.4 is 4.74 Å². The highest BCUT2D eigenvalue weighted by Gasteiger charge is 2.51. The van der Waals surface area contributed by atoms with E-state index in [1.807, 2.05) is 25.3 Å². The van der Waals surface area contributed by atoms with Crippen LogP contribution in [0.4, 0.5) is 8.78 Å². The predicted octanol–water partition coefficient (Wildman–Crippen LogP) is 3.57. The summed E-state index contributed by atoms with van der Waals surface area (Å²) in [6.07, 6.45) is 2.99. The first-order valence-electron chi connectivity index (χ1n) is 14.3. The lowest BCUT2D eigenvalue weighted by Crippen LogP contribution is -2.48. The minimum Gasteiger partial charge on any atom is -0.489 e. The van der Waals surface area contributed by atoms with Crippen molar-refractivity contribution in [3.05, 3.63) is 56.6 Å². The number of carbonyl (C=O) groups is 2. The van der Waals surface area contributed by atoms with Gasteiger partial charge in [0.2, 0.25) is 0 Å². The van der Waals surface area contributed by atoms with Gasteiger partial charge in [0.05, 0.1) is 16.6 Å². The first kappa shape index (κ1) is 33.2. The maximum Gasteiger partial charge on any atom is 0.335 e. The highest BCUT2D eigenvalue weighted by molar-refractivity contribution is 7.16. The normalized spacial score (nSPS) is 20.0. The number of aliphatic carboxylic acids is 2. The zero-order chi connectivity index (χ0) is 32.5. The van der Waals surface area contributed by atoms with Crippen molar-refractivity contribution in [3.8, 4) is 11.6 Å². The molecule has 1 saturated heterocycles. The number of likely N-dealkylation sites (tertiary alicyclic amines) is 1. The number of nitrogens with zero attached hydrogens (tertiary/aromatic N) is 4. The van der Waals surface area contributed by atoms with Crippen molar-refractivity contribution in [1.82, 2.24) is 19.7 Å². The van der Waals surface area contributed by atoms with E-state index in [4.69, 9.17) is 46.6 Å². The number of hydrogen-bond donors (Lipinski definition) is 4. The fourth-order valence-electron chi connectivity index (χ4n) is 5.22. The van der Waals surface area contributed by atoms with Gasteiger partial charge in [0.15, 0.2) is 23.8 Å². The molecule has 5 heterocycles. The molecule has 0 bridgehead atoms. The molecule has 2 aliphatic heterocycles. The minimum absolute atomic E-state index is 0.0411. The monoisotopic (exact) mass is 670 g/mol. The molecule has 0 unspecified atom stereocenters. The summed E-state index contributed by atoms with van der Waals surface area (Å²) in [6.45, 7) is 4.33. The minimum atomic E-state index is -2.99. The van der Waals surface area contributed by atoms with Gasteiger partial charge in [-0.15, -0.1) is 11.3 Å². The topological polar surface area (TPSA) is 167 Å². The number of aliphatic hydroxyl groups is 2. The van der Waals surface area contributed by atoms with Crippen molar-refractivity contribution < 1.29 is 48.3 Å². The summed E-state index contributed by atoms with van der Waals surface area (Å²) >= 11 is 7.36. The molecule has 16 heteroatoms. The van der Waals surface area contributed by atoms with Gasteiger partial charge in [0, 0.05) is 48.0 Å². The number of aryl methyl sites for hydroxylation is 1. The number of aliphatic hydroxyl groups excluding tert-OH is 2. The van der Waals surface area contributed by atoms with Crippen molar-refractivity contribution in [2.45, 2.75) is 62.9 Å². The fourth-order valence-corrected chi connectivity index (χ4v) is 6.70. The highest BCUT2D eigenvalue weighted by Crippen LogP contribution is 2.52. The van der Waals surface area contributed by atoms with E-state index in [1.54, 1.807) is 10.9 Å². The van der Waals surface area contributed by atoms with Gasteiger partial charge >= 0.3 is 11.9 Å². The summed E-state index contributed by atoms with van der Waals surface area (Å²) in [7, 11) is 0. The molecule has 2 fully saturated rings. The summed E-state index contributed by atoms with van der Waals surface area (Å²) in [5.41, 5.74) is 1.41. The number of carboxylic acid groups (broad SMARTS) is 2. The number of fused-ring (bicyclic) bond motifs is 2. The van der Waals surface area contributed by atoms with Crippen molar-refractivity contribution in [3.63, 3.8) is 0 Å². The molecule has 45 heavy (non-hydrogen) atoms. The number of pyridine rings is 1. The zero-order valence-corrected chi connectivity index (χ0v) is 25.8. The maximum absolute atomic E-state index is 14.4. The van der Waals surface area contributed by atoms with Gasteiger partial charge in [-0.05, 0) is 56.7 Å². The van der Waals surface area contributed by atoms with Crippen molar-refractivity contribution in [1.29, 1.82) is 0 Å². The lowest BCUT2D eigenvalue weighted by molar-refractivity contribution is -0.182. The Morgan fingerprint density at radius 1 is 1.20 bits per heavy atom.